The molecular weight excluding hydrogens is 482 g/mol. The van der Waals surface area contributed by atoms with Gasteiger partial charge in [0, 0.05) is 16.1 Å². The number of benzene rings is 2. The molecule has 0 spiro atoms. The van der Waals surface area contributed by atoms with Crippen molar-refractivity contribution >= 4 is 17.4 Å². The lowest BCUT2D eigenvalue weighted by molar-refractivity contribution is 0.201. The summed E-state index contributed by atoms with van der Waals surface area (Å²) in [5, 5.41) is 29.2. The lowest BCUT2D eigenvalue weighted by Gasteiger charge is -2.14. The molecule has 2 heterocycles. The highest BCUT2D eigenvalue weighted by molar-refractivity contribution is 6.30. The molecule has 0 atom stereocenters. The largest absolute Gasteiger partial charge is 0.491 e. The minimum Gasteiger partial charge on any atom is -0.491 e. The molecule has 2 aromatic heterocycles. The molecule has 3 N–H and O–H groups in total. The van der Waals surface area contributed by atoms with Crippen LogP contribution in [-0.4, -0.2) is 28.3 Å². The quantitative estimate of drug-likeness (QED) is 0.351. The number of aliphatic hydroxyl groups excluding tert-OH is 1. The monoisotopic (exact) mass is 501 g/mol. The molecule has 0 bridgehead atoms. The van der Waals surface area contributed by atoms with Crippen molar-refractivity contribution in [3.8, 4) is 46.3 Å². The Morgan fingerprint density at radius 2 is 1.64 bits per heavy atom. The number of nitrogen functional groups attached to an aromatic ring is 1. The van der Waals surface area contributed by atoms with E-state index in [1.807, 2.05) is 6.07 Å². The van der Waals surface area contributed by atoms with Crippen molar-refractivity contribution in [3.63, 3.8) is 0 Å². The van der Waals surface area contributed by atoms with Crippen LogP contribution < -0.4 is 15.2 Å². The van der Waals surface area contributed by atoms with Gasteiger partial charge in [0.05, 0.1) is 6.61 Å². The van der Waals surface area contributed by atoms with Crippen LogP contribution in [0, 0.1) is 29.6 Å². The van der Waals surface area contributed by atoms with Gasteiger partial charge in [0.15, 0.2) is 0 Å². The Bertz CT molecular complexity index is 1470. The van der Waals surface area contributed by atoms with Gasteiger partial charge in [0.25, 0.3) is 0 Å². The second-order valence-corrected chi connectivity index (χ2v) is 8.00. The number of nitrogens with zero attached hydrogens (tertiary/aromatic N) is 4. The molecular formula is C26H20ClN5O4. The average Bonchev–Trinajstić information content (AvgIpc) is 3.26. The van der Waals surface area contributed by atoms with E-state index in [-0.39, 0.29) is 42.6 Å². The van der Waals surface area contributed by atoms with Crippen LogP contribution >= 0.6 is 11.6 Å². The van der Waals surface area contributed by atoms with Crippen LogP contribution in [0.1, 0.15) is 22.6 Å². The lowest BCUT2D eigenvalue weighted by atomic mass is 9.96. The topological polar surface area (TPSA) is 151 Å². The predicted molar refractivity (Wildman–Crippen MR) is 132 cm³/mol. The number of pyridine rings is 1. The fourth-order valence-electron chi connectivity index (χ4n) is 3.49. The number of aliphatic hydroxyl groups is 1. The number of rotatable bonds is 8. The van der Waals surface area contributed by atoms with Gasteiger partial charge in [-0.1, -0.05) is 23.7 Å². The molecule has 0 radical (unpaired) electrons. The number of nitrogens with two attached hydrogens (primary N) is 1. The molecule has 0 unspecified atom stereocenters. The standard InChI is InChI=1S/C26H20ClN5O4/c1-15-22(31-25(36-15)17-2-6-18(27)7-3-17)14-35-26-21(13-29)23(20(12-28)24(30)32-26)16-4-8-19(9-5-16)34-11-10-33/h2-9,33H,10-11,14H2,1H3,(H2,30,32). The van der Waals surface area contributed by atoms with Gasteiger partial charge in [-0.3, -0.25) is 0 Å². The van der Waals surface area contributed by atoms with Crippen molar-refractivity contribution in [2.24, 2.45) is 0 Å². The van der Waals surface area contributed by atoms with E-state index in [0.29, 0.717) is 39.2 Å². The summed E-state index contributed by atoms with van der Waals surface area (Å²) >= 11 is 5.95. The molecule has 4 aromatic rings. The Morgan fingerprint density at radius 3 is 2.28 bits per heavy atom. The third-order valence-corrected chi connectivity index (χ3v) is 5.50. The first-order chi connectivity index (χ1) is 17.4. The van der Waals surface area contributed by atoms with E-state index >= 15 is 0 Å². The van der Waals surface area contributed by atoms with Gasteiger partial charge in [-0.25, -0.2) is 4.98 Å². The van der Waals surface area contributed by atoms with Gasteiger partial charge in [-0.15, -0.1) is 0 Å². The Labute approximate surface area is 211 Å². The summed E-state index contributed by atoms with van der Waals surface area (Å²) < 4.78 is 17.0. The Hall–Kier alpha value is -4.57. The zero-order chi connectivity index (χ0) is 25.7. The molecule has 2 aromatic carbocycles. The minimum atomic E-state index is -0.118. The fourth-order valence-corrected chi connectivity index (χ4v) is 3.61. The number of anilines is 1. The van der Waals surface area contributed by atoms with E-state index in [1.54, 1.807) is 55.5 Å². The van der Waals surface area contributed by atoms with Gasteiger partial charge >= 0.3 is 0 Å². The Morgan fingerprint density at radius 1 is 0.972 bits per heavy atom. The molecule has 36 heavy (non-hydrogen) atoms. The van der Waals surface area contributed by atoms with Crippen LogP contribution in [0.15, 0.2) is 52.9 Å². The van der Waals surface area contributed by atoms with E-state index in [9.17, 15) is 10.5 Å². The van der Waals surface area contributed by atoms with Crippen LogP contribution in [0.25, 0.3) is 22.6 Å². The zero-order valence-corrected chi connectivity index (χ0v) is 19.9. The number of nitriles is 2. The maximum atomic E-state index is 9.95. The van der Waals surface area contributed by atoms with Gasteiger partial charge in [0.2, 0.25) is 11.8 Å². The van der Waals surface area contributed by atoms with Gasteiger partial charge < -0.3 is 24.7 Å². The van der Waals surface area contributed by atoms with Crippen molar-refractivity contribution in [1.82, 2.24) is 9.97 Å². The number of aromatic nitrogens is 2. The molecule has 180 valence electrons. The Kier molecular flexibility index (Phi) is 7.36. The number of hydrogen-bond donors (Lipinski definition) is 2. The second-order valence-electron chi connectivity index (χ2n) is 7.56. The summed E-state index contributed by atoms with van der Waals surface area (Å²) in [6.07, 6.45) is 0. The molecule has 0 saturated carbocycles. The fraction of sp³-hybridized carbons (Fsp3) is 0.154. The van der Waals surface area contributed by atoms with Gasteiger partial charge in [-0.05, 0) is 48.9 Å². The number of hydrogen-bond acceptors (Lipinski definition) is 9. The number of ether oxygens (including phenoxy) is 2. The van der Waals surface area contributed by atoms with Crippen molar-refractivity contribution in [3.05, 3.63) is 76.1 Å². The minimum absolute atomic E-state index is 0.0277. The van der Waals surface area contributed by atoms with Crippen LogP contribution in [-0.2, 0) is 6.61 Å². The zero-order valence-electron chi connectivity index (χ0n) is 19.2. The molecule has 0 aliphatic carbocycles. The van der Waals surface area contributed by atoms with Gasteiger partial charge in [-0.2, -0.15) is 15.5 Å². The highest BCUT2D eigenvalue weighted by Crippen LogP contribution is 2.36. The summed E-state index contributed by atoms with van der Waals surface area (Å²) in [6, 6.07) is 17.9. The highest BCUT2D eigenvalue weighted by Gasteiger charge is 2.22. The average molecular weight is 502 g/mol. The number of oxazole rings is 1. The lowest BCUT2D eigenvalue weighted by Crippen LogP contribution is -2.07. The third-order valence-electron chi connectivity index (χ3n) is 5.25. The molecule has 0 aliphatic heterocycles. The molecule has 0 amide bonds. The van der Waals surface area contributed by atoms with Crippen LogP contribution in [0.2, 0.25) is 5.02 Å². The molecule has 9 nitrogen and oxygen atoms in total. The summed E-state index contributed by atoms with van der Waals surface area (Å²) in [4.78, 5) is 8.65. The molecule has 0 saturated heterocycles. The predicted octanol–water partition coefficient (Wildman–Crippen LogP) is 4.64. The smallest absolute Gasteiger partial charge is 0.234 e. The molecule has 0 aliphatic rings. The van der Waals surface area contributed by atoms with Crippen LogP contribution in [0.5, 0.6) is 11.6 Å². The first-order valence-electron chi connectivity index (χ1n) is 10.8. The van der Waals surface area contributed by atoms with Crippen LogP contribution in [0.3, 0.4) is 0 Å². The van der Waals surface area contributed by atoms with E-state index in [4.69, 9.17) is 36.3 Å². The molecule has 4 rings (SSSR count). The third kappa shape index (κ3) is 5.08. The second kappa shape index (κ2) is 10.8. The van der Waals surface area contributed by atoms with E-state index in [0.717, 1.165) is 5.56 Å². The SMILES string of the molecule is Cc1oc(-c2ccc(Cl)cc2)nc1COc1nc(N)c(C#N)c(-c2ccc(OCCO)cc2)c1C#N. The van der Waals surface area contributed by atoms with E-state index < -0.39 is 0 Å². The summed E-state index contributed by atoms with van der Waals surface area (Å²) in [6.45, 7) is 1.74. The normalized spacial score (nSPS) is 10.5. The van der Waals surface area contributed by atoms with Crippen molar-refractivity contribution in [2.45, 2.75) is 13.5 Å². The Balaban J connectivity index is 1.66. The van der Waals surface area contributed by atoms with E-state index in [1.165, 1.54) is 0 Å². The van der Waals surface area contributed by atoms with Crippen LogP contribution in [0.4, 0.5) is 5.82 Å². The number of aryl methyl sites for hydroxylation is 1. The molecule has 0 fully saturated rings. The van der Waals surface area contributed by atoms with Crippen molar-refractivity contribution in [2.75, 3.05) is 18.9 Å². The maximum Gasteiger partial charge on any atom is 0.234 e. The van der Waals surface area contributed by atoms with Gasteiger partial charge in [0.1, 0.15) is 59.5 Å². The summed E-state index contributed by atoms with van der Waals surface area (Å²) in [5.41, 5.74) is 8.30. The maximum absolute atomic E-state index is 9.95. The number of halogens is 1. The van der Waals surface area contributed by atoms with Crippen molar-refractivity contribution in [1.29, 1.82) is 10.5 Å². The first kappa shape index (κ1) is 24.6. The molecule has 10 heteroatoms. The summed E-state index contributed by atoms with van der Waals surface area (Å²) in [7, 11) is 0. The highest BCUT2D eigenvalue weighted by atomic mass is 35.5. The summed E-state index contributed by atoms with van der Waals surface area (Å²) in [5.74, 6) is 1.38. The van der Waals surface area contributed by atoms with Crippen molar-refractivity contribution < 1.29 is 19.0 Å². The first-order valence-corrected chi connectivity index (χ1v) is 11.2. The van der Waals surface area contributed by atoms with E-state index in [2.05, 4.69) is 16.0 Å².